The summed E-state index contributed by atoms with van der Waals surface area (Å²) in [5.74, 6) is 0.652. The summed E-state index contributed by atoms with van der Waals surface area (Å²) >= 11 is 1.60. The number of likely N-dealkylation sites (N-methyl/N-ethyl adjacent to an activating group) is 1. The van der Waals surface area contributed by atoms with Crippen LogP contribution in [0, 0.1) is 0 Å². The van der Waals surface area contributed by atoms with Gasteiger partial charge in [-0.2, -0.15) is 0 Å². The van der Waals surface area contributed by atoms with Crippen molar-refractivity contribution >= 4 is 17.3 Å². The molecule has 0 aliphatic heterocycles. The van der Waals surface area contributed by atoms with Crippen LogP contribution >= 0.6 is 11.3 Å². The highest BCUT2D eigenvalue weighted by molar-refractivity contribution is 7.13. The largest absolute Gasteiger partial charge is 0.494 e. The van der Waals surface area contributed by atoms with Gasteiger partial charge in [-0.05, 0) is 45.2 Å². The summed E-state index contributed by atoms with van der Waals surface area (Å²) in [6.07, 6.45) is 0. The summed E-state index contributed by atoms with van der Waals surface area (Å²) in [4.78, 5) is 18.0. The summed E-state index contributed by atoms with van der Waals surface area (Å²) in [6, 6.07) is 7.92. The van der Waals surface area contributed by atoms with E-state index >= 15 is 0 Å². The van der Waals surface area contributed by atoms with E-state index in [1.54, 1.807) is 18.3 Å². The van der Waals surface area contributed by atoms with Crippen molar-refractivity contribution < 1.29 is 14.3 Å². The van der Waals surface area contributed by atoms with Crippen LogP contribution < -0.4 is 4.74 Å². The van der Waals surface area contributed by atoms with Crippen LogP contribution in [0.2, 0.25) is 0 Å². The summed E-state index contributed by atoms with van der Waals surface area (Å²) in [6.45, 7) is 5.73. The molecule has 0 N–H and O–H groups in total. The zero-order valence-electron chi connectivity index (χ0n) is 13.7. The molecule has 6 heteroatoms. The zero-order chi connectivity index (χ0) is 16.7. The summed E-state index contributed by atoms with van der Waals surface area (Å²) in [5.41, 5.74) is 2.02. The molecule has 2 rings (SSSR count). The number of benzene rings is 1. The number of rotatable bonds is 8. The van der Waals surface area contributed by atoms with Gasteiger partial charge in [0.25, 0.3) is 0 Å². The number of aromatic nitrogens is 1. The van der Waals surface area contributed by atoms with Gasteiger partial charge in [0.05, 0.1) is 25.5 Å². The Bertz CT molecular complexity index is 625. The molecular formula is C17H22N2O3S. The normalized spacial score (nSPS) is 10.8. The van der Waals surface area contributed by atoms with E-state index in [1.165, 1.54) is 0 Å². The molecule has 0 atom stereocenters. The van der Waals surface area contributed by atoms with Crippen LogP contribution in [0.3, 0.4) is 0 Å². The van der Waals surface area contributed by atoms with Crippen LogP contribution in [0.5, 0.6) is 5.75 Å². The maximum absolute atomic E-state index is 11.5. The number of nitrogens with zero attached hydrogens (tertiary/aromatic N) is 2. The second-order valence-corrected chi connectivity index (χ2v) is 5.94. The number of carbonyl (C=O) groups is 1. The Kier molecular flexibility index (Phi) is 6.55. The third kappa shape index (κ3) is 5.33. The van der Waals surface area contributed by atoms with Crippen LogP contribution in [0.15, 0.2) is 29.6 Å². The van der Waals surface area contributed by atoms with Gasteiger partial charge < -0.3 is 9.47 Å². The Labute approximate surface area is 140 Å². The molecule has 124 valence electrons. The molecule has 1 aromatic heterocycles. The minimum absolute atomic E-state index is 0.211. The van der Waals surface area contributed by atoms with E-state index in [-0.39, 0.29) is 12.5 Å². The van der Waals surface area contributed by atoms with Gasteiger partial charge in [0.2, 0.25) is 0 Å². The molecule has 23 heavy (non-hydrogen) atoms. The van der Waals surface area contributed by atoms with Crippen molar-refractivity contribution in [1.82, 2.24) is 9.88 Å². The molecule has 0 saturated carbocycles. The van der Waals surface area contributed by atoms with E-state index in [2.05, 4.69) is 4.98 Å². The van der Waals surface area contributed by atoms with Gasteiger partial charge in [-0.15, -0.1) is 11.3 Å². The van der Waals surface area contributed by atoms with Crippen LogP contribution in [0.1, 0.15) is 19.5 Å². The molecule has 0 amide bonds. The number of carbonyl (C=O) groups excluding carboxylic acids is 1. The first kappa shape index (κ1) is 17.4. The van der Waals surface area contributed by atoms with Gasteiger partial charge in [0.1, 0.15) is 10.8 Å². The van der Waals surface area contributed by atoms with Crippen molar-refractivity contribution in [3.05, 3.63) is 35.3 Å². The van der Waals surface area contributed by atoms with E-state index in [1.807, 2.05) is 48.5 Å². The lowest BCUT2D eigenvalue weighted by atomic mass is 10.2. The van der Waals surface area contributed by atoms with Gasteiger partial charge in [-0.1, -0.05) is 0 Å². The highest BCUT2D eigenvalue weighted by atomic mass is 32.1. The zero-order valence-corrected chi connectivity index (χ0v) is 14.6. The molecular weight excluding hydrogens is 312 g/mol. The minimum atomic E-state index is -0.211. The fourth-order valence-electron chi connectivity index (χ4n) is 2.13. The Balaban J connectivity index is 1.95. The molecule has 0 radical (unpaired) electrons. The van der Waals surface area contributed by atoms with Crippen molar-refractivity contribution in [3.8, 4) is 16.3 Å². The predicted octanol–water partition coefficient (Wildman–Crippen LogP) is 3.20. The number of hydrogen-bond donors (Lipinski definition) is 0. The first-order valence-corrected chi connectivity index (χ1v) is 8.52. The minimum Gasteiger partial charge on any atom is -0.494 e. The fraction of sp³-hybridized carbons (Fsp3) is 0.412. The van der Waals surface area contributed by atoms with E-state index in [4.69, 9.17) is 9.47 Å². The van der Waals surface area contributed by atoms with Crippen LogP contribution in [0.25, 0.3) is 10.6 Å². The molecule has 0 fully saturated rings. The molecule has 0 spiro atoms. The topological polar surface area (TPSA) is 51.7 Å². The summed E-state index contributed by atoms with van der Waals surface area (Å²) < 4.78 is 10.4. The highest BCUT2D eigenvalue weighted by Gasteiger charge is 2.11. The van der Waals surface area contributed by atoms with Crippen molar-refractivity contribution in [2.45, 2.75) is 20.4 Å². The van der Waals surface area contributed by atoms with Gasteiger partial charge in [0, 0.05) is 17.5 Å². The maximum atomic E-state index is 11.5. The third-order valence-corrected chi connectivity index (χ3v) is 4.04. The summed E-state index contributed by atoms with van der Waals surface area (Å²) in [7, 11) is 1.88. The lowest BCUT2D eigenvalue weighted by Gasteiger charge is -2.13. The molecule has 0 aliphatic carbocycles. The molecule has 1 heterocycles. The van der Waals surface area contributed by atoms with Crippen molar-refractivity contribution in [1.29, 1.82) is 0 Å². The van der Waals surface area contributed by atoms with Crippen LogP contribution in [0.4, 0.5) is 0 Å². The number of thiazole rings is 1. The average Bonchev–Trinajstić information content (AvgIpc) is 2.96. The highest BCUT2D eigenvalue weighted by Crippen LogP contribution is 2.26. The van der Waals surface area contributed by atoms with Crippen molar-refractivity contribution in [3.63, 3.8) is 0 Å². The van der Waals surface area contributed by atoms with Crippen LogP contribution in [-0.4, -0.2) is 42.7 Å². The van der Waals surface area contributed by atoms with Crippen molar-refractivity contribution in [2.24, 2.45) is 0 Å². The first-order chi connectivity index (χ1) is 11.1. The fourth-order valence-corrected chi connectivity index (χ4v) is 2.95. The Morgan fingerprint density at radius 3 is 2.61 bits per heavy atom. The Morgan fingerprint density at radius 1 is 1.22 bits per heavy atom. The van der Waals surface area contributed by atoms with Crippen molar-refractivity contribution in [2.75, 3.05) is 26.8 Å². The number of ether oxygens (including phenoxy) is 2. The van der Waals surface area contributed by atoms with Crippen LogP contribution in [-0.2, 0) is 16.1 Å². The van der Waals surface area contributed by atoms with Gasteiger partial charge in [-0.3, -0.25) is 9.69 Å². The van der Waals surface area contributed by atoms with E-state index < -0.39 is 0 Å². The van der Waals surface area contributed by atoms with E-state index in [0.29, 0.717) is 19.8 Å². The van der Waals surface area contributed by atoms with Gasteiger partial charge >= 0.3 is 5.97 Å². The average molecular weight is 334 g/mol. The lowest BCUT2D eigenvalue weighted by molar-refractivity contribution is -0.144. The molecule has 0 aliphatic rings. The smallest absolute Gasteiger partial charge is 0.320 e. The van der Waals surface area contributed by atoms with Gasteiger partial charge in [0.15, 0.2) is 0 Å². The van der Waals surface area contributed by atoms with E-state index in [9.17, 15) is 4.79 Å². The molecule has 2 aromatic rings. The quantitative estimate of drug-likeness (QED) is 0.694. The number of esters is 1. The standard InChI is InChI=1S/C17H22N2O3S/c1-4-21-15-8-6-13(7-9-15)17-18-14(12-23-17)10-19(3)11-16(20)22-5-2/h6-9,12H,4-5,10-11H2,1-3H3. The second-order valence-electron chi connectivity index (χ2n) is 5.08. The first-order valence-electron chi connectivity index (χ1n) is 7.64. The van der Waals surface area contributed by atoms with Gasteiger partial charge in [-0.25, -0.2) is 4.98 Å². The Morgan fingerprint density at radius 2 is 1.96 bits per heavy atom. The Hall–Kier alpha value is -1.92. The number of hydrogen-bond acceptors (Lipinski definition) is 6. The maximum Gasteiger partial charge on any atom is 0.320 e. The lowest BCUT2D eigenvalue weighted by Crippen LogP contribution is -2.27. The second kappa shape index (κ2) is 8.64. The molecule has 1 aromatic carbocycles. The predicted molar refractivity (Wildman–Crippen MR) is 91.7 cm³/mol. The third-order valence-electron chi connectivity index (χ3n) is 3.10. The molecule has 0 bridgehead atoms. The summed E-state index contributed by atoms with van der Waals surface area (Å²) in [5, 5.41) is 2.99. The molecule has 5 nitrogen and oxygen atoms in total. The monoisotopic (exact) mass is 334 g/mol. The van der Waals surface area contributed by atoms with E-state index in [0.717, 1.165) is 22.0 Å². The molecule has 0 saturated heterocycles. The SMILES string of the molecule is CCOC(=O)CN(C)Cc1csc(-c2ccc(OCC)cc2)n1. The molecule has 0 unspecified atom stereocenters.